The van der Waals surface area contributed by atoms with Crippen molar-refractivity contribution in [3.8, 4) is 5.75 Å². The smallest absolute Gasteiger partial charge is 0.321 e. The van der Waals surface area contributed by atoms with Crippen molar-refractivity contribution in [2.75, 3.05) is 44.9 Å². The van der Waals surface area contributed by atoms with Crippen LogP contribution in [0.25, 0.3) is 10.9 Å². The van der Waals surface area contributed by atoms with E-state index in [0.717, 1.165) is 22.7 Å². The van der Waals surface area contributed by atoms with Crippen LogP contribution < -0.4 is 10.1 Å². The second kappa shape index (κ2) is 7.75. The second-order valence-electron chi connectivity index (χ2n) is 8.76. The van der Waals surface area contributed by atoms with E-state index in [1.807, 2.05) is 48.5 Å². The fraction of sp³-hybridized carbons (Fsp3) is 0.348. The average Bonchev–Trinajstić information content (AvgIpc) is 3.15. The van der Waals surface area contributed by atoms with Gasteiger partial charge in [0.1, 0.15) is 5.75 Å². The Bertz CT molecular complexity index is 1320. The van der Waals surface area contributed by atoms with Gasteiger partial charge in [-0.2, -0.15) is 4.31 Å². The van der Waals surface area contributed by atoms with Crippen molar-refractivity contribution in [3.05, 3.63) is 59.8 Å². The van der Waals surface area contributed by atoms with E-state index in [1.165, 1.54) is 4.31 Å². The lowest BCUT2D eigenvalue weighted by atomic mass is 9.69. The number of anilines is 1. The molecule has 3 N–H and O–H groups in total. The minimum atomic E-state index is -3.60. The number of H-pyrrole nitrogens is 1. The Morgan fingerprint density at radius 3 is 2.58 bits per heavy atom. The number of nitrogens with zero attached hydrogens (tertiary/aromatic N) is 2. The van der Waals surface area contributed by atoms with Gasteiger partial charge in [-0.25, -0.2) is 13.2 Å². The summed E-state index contributed by atoms with van der Waals surface area (Å²) in [6.45, 7) is 0.570. The number of hydrogen-bond donors (Lipinski definition) is 3. The summed E-state index contributed by atoms with van der Waals surface area (Å²) in [5.74, 6) is 0.674. The van der Waals surface area contributed by atoms with Crippen molar-refractivity contribution < 1.29 is 23.1 Å². The van der Waals surface area contributed by atoms with Gasteiger partial charge in [0.15, 0.2) is 0 Å². The van der Waals surface area contributed by atoms with Gasteiger partial charge >= 0.3 is 6.03 Å². The van der Waals surface area contributed by atoms with Crippen molar-refractivity contribution in [2.24, 2.45) is 0 Å². The minimum absolute atomic E-state index is 0.193. The van der Waals surface area contributed by atoms with E-state index in [2.05, 4.69) is 10.3 Å². The predicted molar refractivity (Wildman–Crippen MR) is 125 cm³/mol. The number of likely N-dealkylation sites (tertiary alicyclic amines) is 1. The van der Waals surface area contributed by atoms with Crippen LogP contribution in [0.4, 0.5) is 10.5 Å². The SMILES string of the molecule is COc1ccc2c3c([nH]c2c1)[C@H](CO)N(S(C)(=O)=O)CC31CN(C(=O)Nc2ccccc2)C1. The normalized spacial score (nSPS) is 19.8. The molecule has 1 saturated heterocycles. The van der Waals surface area contributed by atoms with Gasteiger partial charge in [0.05, 0.1) is 26.0 Å². The summed E-state index contributed by atoms with van der Waals surface area (Å²) in [6.07, 6.45) is 1.15. The molecule has 0 saturated carbocycles. The zero-order chi connectivity index (χ0) is 23.4. The zero-order valence-corrected chi connectivity index (χ0v) is 19.2. The lowest BCUT2D eigenvalue weighted by Crippen LogP contribution is -2.68. The summed E-state index contributed by atoms with van der Waals surface area (Å²) in [6, 6.07) is 13.9. The Morgan fingerprint density at radius 1 is 1.21 bits per heavy atom. The fourth-order valence-corrected chi connectivity index (χ4v) is 6.23. The molecule has 9 nitrogen and oxygen atoms in total. The number of carbonyl (C=O) groups excluding carboxylic acids is 1. The highest BCUT2D eigenvalue weighted by atomic mass is 32.2. The lowest BCUT2D eigenvalue weighted by molar-refractivity contribution is 0.0534. The maximum absolute atomic E-state index is 12.8. The first kappa shape index (κ1) is 21.7. The molecule has 0 aliphatic carbocycles. The number of amides is 2. The molecule has 2 aliphatic heterocycles. The average molecular weight is 471 g/mol. The standard InChI is InChI=1S/C23H26N4O5S/c1-32-16-8-9-17-18(10-16)25-21-19(11-28)27(33(2,30)31)14-23(20(17)21)12-26(13-23)22(29)24-15-6-4-3-5-7-15/h3-10,19,25,28H,11-14H2,1-2H3,(H,24,29)/t19-/m0/s1. The van der Waals surface area contributed by atoms with E-state index >= 15 is 0 Å². The fourth-order valence-electron chi connectivity index (χ4n) is 5.12. The van der Waals surface area contributed by atoms with Gasteiger partial charge in [-0.1, -0.05) is 18.2 Å². The largest absolute Gasteiger partial charge is 0.497 e. The molecule has 5 rings (SSSR count). The zero-order valence-electron chi connectivity index (χ0n) is 18.4. The Morgan fingerprint density at radius 2 is 1.94 bits per heavy atom. The van der Waals surface area contributed by atoms with Gasteiger partial charge in [0, 0.05) is 53.4 Å². The molecule has 10 heteroatoms. The number of aliphatic hydroxyl groups excluding tert-OH is 1. The Labute approximate surface area is 192 Å². The third kappa shape index (κ3) is 3.54. The van der Waals surface area contributed by atoms with E-state index in [-0.39, 0.29) is 19.2 Å². The first-order chi connectivity index (χ1) is 15.8. The summed E-state index contributed by atoms with van der Waals surface area (Å²) in [5.41, 5.74) is 2.55. The first-order valence-corrected chi connectivity index (χ1v) is 12.5. The van der Waals surface area contributed by atoms with Crippen LogP contribution in [-0.2, 0) is 15.4 Å². The maximum Gasteiger partial charge on any atom is 0.321 e. The van der Waals surface area contributed by atoms with Crippen molar-refractivity contribution in [1.82, 2.24) is 14.2 Å². The van der Waals surface area contributed by atoms with Crippen LogP contribution in [0.2, 0.25) is 0 Å². The monoisotopic (exact) mass is 470 g/mol. The Kier molecular flexibility index (Phi) is 5.11. The van der Waals surface area contributed by atoms with Crippen molar-refractivity contribution >= 4 is 32.6 Å². The molecule has 2 aliphatic rings. The van der Waals surface area contributed by atoms with E-state index in [0.29, 0.717) is 30.2 Å². The van der Waals surface area contributed by atoms with Crippen LogP contribution in [0, 0.1) is 0 Å². The van der Waals surface area contributed by atoms with E-state index < -0.39 is 21.5 Å². The molecule has 0 unspecified atom stereocenters. The molecule has 3 heterocycles. The Balaban J connectivity index is 1.54. The van der Waals surface area contributed by atoms with Crippen molar-refractivity contribution in [1.29, 1.82) is 0 Å². The number of fused-ring (bicyclic) bond motifs is 4. The van der Waals surface area contributed by atoms with Gasteiger partial charge in [-0.05, 0) is 29.8 Å². The molecule has 0 radical (unpaired) electrons. The molecule has 2 aromatic carbocycles. The number of para-hydroxylation sites is 1. The number of ether oxygens (including phenoxy) is 1. The van der Waals surface area contributed by atoms with Crippen molar-refractivity contribution in [2.45, 2.75) is 11.5 Å². The van der Waals surface area contributed by atoms with Crippen LogP contribution in [0.1, 0.15) is 17.3 Å². The summed E-state index contributed by atoms with van der Waals surface area (Å²) in [5, 5.41) is 14.0. The quantitative estimate of drug-likeness (QED) is 0.541. The molecule has 1 aromatic heterocycles. The topological polar surface area (TPSA) is 115 Å². The molecule has 3 aromatic rings. The first-order valence-electron chi connectivity index (χ1n) is 10.6. The van der Waals surface area contributed by atoms with Crippen LogP contribution in [0.3, 0.4) is 0 Å². The van der Waals surface area contributed by atoms with E-state index in [1.54, 1.807) is 12.0 Å². The number of sulfonamides is 1. The van der Waals surface area contributed by atoms with Gasteiger partial charge in [0.25, 0.3) is 0 Å². The molecule has 33 heavy (non-hydrogen) atoms. The number of rotatable bonds is 4. The summed E-state index contributed by atoms with van der Waals surface area (Å²) in [4.78, 5) is 17.9. The molecule has 174 valence electrons. The molecule has 2 amide bonds. The number of methoxy groups -OCH3 is 1. The molecule has 0 bridgehead atoms. The molecular formula is C23H26N4O5S. The number of benzene rings is 2. The summed E-state index contributed by atoms with van der Waals surface area (Å²) < 4.78 is 32.0. The van der Waals surface area contributed by atoms with Crippen LogP contribution in [0.5, 0.6) is 5.75 Å². The molecule has 1 atom stereocenters. The maximum atomic E-state index is 12.8. The highest BCUT2D eigenvalue weighted by molar-refractivity contribution is 7.88. The van der Waals surface area contributed by atoms with Crippen LogP contribution >= 0.6 is 0 Å². The molecular weight excluding hydrogens is 444 g/mol. The molecule has 1 fully saturated rings. The number of nitrogens with one attached hydrogen (secondary N) is 2. The van der Waals surface area contributed by atoms with Gasteiger partial charge in [0.2, 0.25) is 10.0 Å². The number of carbonyl (C=O) groups is 1. The number of hydrogen-bond acceptors (Lipinski definition) is 5. The number of aromatic amines is 1. The van der Waals surface area contributed by atoms with Crippen molar-refractivity contribution in [3.63, 3.8) is 0 Å². The second-order valence-corrected chi connectivity index (χ2v) is 10.7. The van der Waals surface area contributed by atoms with Crippen LogP contribution in [0.15, 0.2) is 48.5 Å². The van der Waals surface area contributed by atoms with Gasteiger partial charge in [-0.3, -0.25) is 0 Å². The lowest BCUT2D eigenvalue weighted by Gasteiger charge is -2.55. The third-order valence-electron chi connectivity index (χ3n) is 6.60. The Hall–Kier alpha value is -3.08. The summed E-state index contributed by atoms with van der Waals surface area (Å²) in [7, 11) is -2.02. The minimum Gasteiger partial charge on any atom is -0.497 e. The predicted octanol–water partition coefficient (Wildman–Crippen LogP) is 2.27. The van der Waals surface area contributed by atoms with Gasteiger partial charge in [-0.15, -0.1) is 0 Å². The van der Waals surface area contributed by atoms with E-state index in [9.17, 15) is 18.3 Å². The van der Waals surface area contributed by atoms with Gasteiger partial charge < -0.3 is 25.0 Å². The third-order valence-corrected chi connectivity index (χ3v) is 7.84. The number of urea groups is 1. The number of aromatic nitrogens is 1. The summed E-state index contributed by atoms with van der Waals surface area (Å²) >= 11 is 0. The molecule has 1 spiro atoms. The highest BCUT2D eigenvalue weighted by Crippen LogP contribution is 2.49. The van der Waals surface area contributed by atoms with Crippen LogP contribution in [-0.4, -0.2) is 73.4 Å². The highest BCUT2D eigenvalue weighted by Gasteiger charge is 2.55. The number of aliphatic hydroxyl groups is 1. The van der Waals surface area contributed by atoms with E-state index in [4.69, 9.17) is 4.74 Å².